The Morgan fingerprint density at radius 3 is 2.68 bits per heavy atom. The fraction of sp³-hybridized carbons (Fsp3) is 0.231. The quantitative estimate of drug-likeness (QED) is 0.829. The first-order valence-electron chi connectivity index (χ1n) is 5.75. The van der Waals surface area contributed by atoms with E-state index in [9.17, 15) is 4.79 Å². The van der Waals surface area contributed by atoms with E-state index in [-0.39, 0.29) is 5.91 Å². The average Bonchev–Trinajstić information content (AvgIpc) is 2.67. The molecule has 0 spiro atoms. The molecule has 1 aromatic carbocycles. The topological polar surface area (TPSA) is 72.9 Å². The third kappa shape index (κ3) is 2.56. The molecule has 1 aromatic heterocycles. The number of nitrogen functional groups attached to an aromatic ring is 1. The SMILES string of the molecule is Cc1cc(N)c(Cl)cc1NC(=O)c1cnn(C)c1C. The summed E-state index contributed by atoms with van der Waals surface area (Å²) in [7, 11) is 1.79. The number of anilines is 2. The molecule has 2 aromatic rings. The van der Waals surface area contributed by atoms with Crippen LogP contribution in [0.3, 0.4) is 0 Å². The molecule has 0 saturated heterocycles. The molecule has 0 bridgehead atoms. The highest BCUT2D eigenvalue weighted by Gasteiger charge is 2.14. The van der Waals surface area contributed by atoms with E-state index in [1.807, 2.05) is 13.8 Å². The molecule has 6 heteroatoms. The first kappa shape index (κ1) is 13.4. The molecule has 0 aliphatic heterocycles. The molecule has 0 fully saturated rings. The number of nitrogens with one attached hydrogen (secondary N) is 1. The zero-order valence-electron chi connectivity index (χ0n) is 11.0. The molecular weight excluding hydrogens is 264 g/mol. The molecule has 0 unspecified atom stereocenters. The van der Waals surface area contributed by atoms with Gasteiger partial charge in [-0.1, -0.05) is 11.6 Å². The van der Waals surface area contributed by atoms with Crippen LogP contribution in [0.5, 0.6) is 0 Å². The van der Waals surface area contributed by atoms with Gasteiger partial charge in [-0.3, -0.25) is 9.48 Å². The Balaban J connectivity index is 2.29. The Bertz CT molecular complexity index is 648. The van der Waals surface area contributed by atoms with Crippen LogP contribution in [0.25, 0.3) is 0 Å². The predicted molar refractivity (Wildman–Crippen MR) is 76.5 cm³/mol. The molecule has 0 radical (unpaired) electrons. The Kier molecular flexibility index (Phi) is 3.48. The van der Waals surface area contributed by atoms with Gasteiger partial charge in [-0.25, -0.2) is 0 Å². The van der Waals surface area contributed by atoms with Gasteiger partial charge in [0.1, 0.15) is 0 Å². The molecule has 3 N–H and O–H groups in total. The second-order valence-electron chi connectivity index (χ2n) is 4.41. The minimum atomic E-state index is -0.213. The minimum Gasteiger partial charge on any atom is -0.398 e. The van der Waals surface area contributed by atoms with Crippen molar-refractivity contribution in [3.63, 3.8) is 0 Å². The largest absolute Gasteiger partial charge is 0.398 e. The van der Waals surface area contributed by atoms with Gasteiger partial charge < -0.3 is 11.1 Å². The van der Waals surface area contributed by atoms with Gasteiger partial charge in [-0.2, -0.15) is 5.10 Å². The highest BCUT2D eigenvalue weighted by atomic mass is 35.5. The lowest BCUT2D eigenvalue weighted by Crippen LogP contribution is -2.14. The first-order chi connectivity index (χ1) is 8.90. The van der Waals surface area contributed by atoms with Crippen LogP contribution >= 0.6 is 11.6 Å². The van der Waals surface area contributed by atoms with Crippen molar-refractivity contribution in [1.29, 1.82) is 0 Å². The van der Waals surface area contributed by atoms with Gasteiger partial charge >= 0.3 is 0 Å². The Hall–Kier alpha value is -2.01. The molecule has 0 aliphatic rings. The fourth-order valence-corrected chi connectivity index (χ4v) is 1.91. The highest BCUT2D eigenvalue weighted by Crippen LogP contribution is 2.27. The van der Waals surface area contributed by atoms with Gasteiger partial charge in [0.15, 0.2) is 0 Å². The number of aryl methyl sites for hydroxylation is 2. The number of carbonyl (C=O) groups excluding carboxylic acids is 1. The van der Waals surface area contributed by atoms with Crippen LogP contribution in [0.4, 0.5) is 11.4 Å². The highest BCUT2D eigenvalue weighted by molar-refractivity contribution is 6.33. The third-order valence-corrected chi connectivity index (χ3v) is 3.40. The van der Waals surface area contributed by atoms with Gasteiger partial charge in [0, 0.05) is 18.4 Å². The number of amides is 1. The van der Waals surface area contributed by atoms with Crippen molar-refractivity contribution in [1.82, 2.24) is 9.78 Å². The van der Waals surface area contributed by atoms with Crippen molar-refractivity contribution in [3.8, 4) is 0 Å². The maximum absolute atomic E-state index is 12.2. The number of rotatable bonds is 2. The molecule has 0 aliphatic carbocycles. The van der Waals surface area contributed by atoms with Crippen LogP contribution in [0, 0.1) is 13.8 Å². The van der Waals surface area contributed by atoms with Gasteiger partial charge in [0.05, 0.1) is 22.5 Å². The number of hydrogen-bond acceptors (Lipinski definition) is 3. The molecule has 19 heavy (non-hydrogen) atoms. The van der Waals surface area contributed by atoms with Crippen molar-refractivity contribution in [2.45, 2.75) is 13.8 Å². The van der Waals surface area contributed by atoms with Crippen LogP contribution in [0.15, 0.2) is 18.3 Å². The molecular formula is C13H15ClN4O. The molecule has 0 atom stereocenters. The molecule has 100 valence electrons. The Labute approximate surface area is 116 Å². The lowest BCUT2D eigenvalue weighted by Gasteiger charge is -2.10. The third-order valence-electron chi connectivity index (χ3n) is 3.07. The maximum Gasteiger partial charge on any atom is 0.259 e. The van der Waals surface area contributed by atoms with Gasteiger partial charge in [-0.15, -0.1) is 0 Å². The van der Waals surface area contributed by atoms with Crippen LogP contribution in [-0.4, -0.2) is 15.7 Å². The summed E-state index contributed by atoms with van der Waals surface area (Å²) in [6.45, 7) is 3.70. The van der Waals surface area contributed by atoms with Crippen LogP contribution in [0.1, 0.15) is 21.6 Å². The van der Waals surface area contributed by atoms with E-state index in [1.54, 1.807) is 30.1 Å². The second kappa shape index (κ2) is 4.93. The van der Waals surface area contributed by atoms with E-state index in [4.69, 9.17) is 17.3 Å². The Morgan fingerprint density at radius 2 is 2.11 bits per heavy atom. The normalized spacial score (nSPS) is 10.5. The smallest absolute Gasteiger partial charge is 0.259 e. The first-order valence-corrected chi connectivity index (χ1v) is 6.13. The van der Waals surface area contributed by atoms with Crippen molar-refractivity contribution in [2.24, 2.45) is 7.05 Å². The van der Waals surface area contributed by atoms with E-state index in [1.165, 1.54) is 0 Å². The van der Waals surface area contributed by atoms with Crippen LogP contribution in [-0.2, 0) is 7.05 Å². The fourth-order valence-electron chi connectivity index (χ4n) is 1.75. The van der Waals surface area contributed by atoms with E-state index in [0.717, 1.165) is 11.3 Å². The van der Waals surface area contributed by atoms with Crippen LogP contribution in [0.2, 0.25) is 5.02 Å². The molecule has 0 saturated carbocycles. The number of nitrogens with zero attached hydrogens (tertiary/aromatic N) is 2. The summed E-state index contributed by atoms with van der Waals surface area (Å²) in [5.41, 5.74) is 9.04. The van der Waals surface area contributed by atoms with Crippen LogP contribution < -0.4 is 11.1 Å². The minimum absolute atomic E-state index is 0.213. The number of carbonyl (C=O) groups is 1. The number of nitrogens with two attached hydrogens (primary N) is 1. The molecule has 5 nitrogen and oxygen atoms in total. The average molecular weight is 279 g/mol. The molecule has 1 heterocycles. The number of benzene rings is 1. The summed E-state index contributed by atoms with van der Waals surface area (Å²) in [6, 6.07) is 3.38. The molecule has 2 rings (SSSR count). The monoisotopic (exact) mass is 278 g/mol. The summed E-state index contributed by atoms with van der Waals surface area (Å²) in [5.74, 6) is -0.213. The van der Waals surface area contributed by atoms with Gasteiger partial charge in [0.25, 0.3) is 5.91 Å². The number of halogens is 1. The van der Waals surface area contributed by atoms with Gasteiger partial charge in [0.2, 0.25) is 0 Å². The van der Waals surface area contributed by atoms with Crippen molar-refractivity contribution in [2.75, 3.05) is 11.1 Å². The molecule has 1 amide bonds. The van der Waals surface area contributed by atoms with Gasteiger partial charge in [-0.05, 0) is 31.5 Å². The van der Waals surface area contributed by atoms with E-state index in [0.29, 0.717) is 22.0 Å². The zero-order valence-corrected chi connectivity index (χ0v) is 11.7. The van der Waals surface area contributed by atoms with E-state index in [2.05, 4.69) is 10.4 Å². The summed E-state index contributed by atoms with van der Waals surface area (Å²) >= 11 is 5.96. The number of hydrogen-bond donors (Lipinski definition) is 2. The van der Waals surface area contributed by atoms with Crippen molar-refractivity contribution < 1.29 is 4.79 Å². The standard InChI is InChI=1S/C13H15ClN4O/c1-7-4-11(15)10(14)5-12(7)17-13(19)9-6-16-18(3)8(9)2/h4-6H,15H2,1-3H3,(H,17,19). The van der Waals surface area contributed by atoms with Crippen molar-refractivity contribution >= 4 is 28.9 Å². The summed E-state index contributed by atoms with van der Waals surface area (Å²) < 4.78 is 1.65. The van der Waals surface area contributed by atoms with E-state index < -0.39 is 0 Å². The van der Waals surface area contributed by atoms with E-state index >= 15 is 0 Å². The zero-order chi connectivity index (χ0) is 14.2. The predicted octanol–water partition coefficient (Wildman–Crippen LogP) is 2.52. The lowest BCUT2D eigenvalue weighted by molar-refractivity contribution is 0.102. The lowest BCUT2D eigenvalue weighted by atomic mass is 10.1. The second-order valence-corrected chi connectivity index (χ2v) is 4.82. The summed E-state index contributed by atoms with van der Waals surface area (Å²) in [4.78, 5) is 12.2. The maximum atomic E-state index is 12.2. The summed E-state index contributed by atoms with van der Waals surface area (Å²) in [6.07, 6.45) is 1.54. The number of aromatic nitrogens is 2. The van der Waals surface area contributed by atoms with Crippen molar-refractivity contribution in [3.05, 3.63) is 40.2 Å². The summed E-state index contributed by atoms with van der Waals surface area (Å²) in [5, 5.41) is 7.28. The Morgan fingerprint density at radius 1 is 1.42 bits per heavy atom.